The van der Waals surface area contributed by atoms with E-state index < -0.39 is 30.5 Å². The molecule has 0 bridgehead atoms. The molecule has 0 radical (unpaired) electrons. The molecule has 0 aliphatic heterocycles. The first-order valence-corrected chi connectivity index (χ1v) is 8.59. The summed E-state index contributed by atoms with van der Waals surface area (Å²) in [5.41, 5.74) is 1.88. The maximum absolute atomic E-state index is 12.2. The standard InChI is InChI=1S/C20H19N3O5/c1-27-19(25)17(10-13-11-22-15-7-3-2-6-14(13)15)23-18(24)12-28-20(26)16-8-4-5-9-21-16/h2-9,11,17,22H,10,12H2,1H3,(H,23,24)/t17-/m0/s1. The number of aromatic nitrogens is 2. The number of ether oxygens (including phenoxy) is 2. The van der Waals surface area contributed by atoms with Gasteiger partial charge in [-0.25, -0.2) is 14.6 Å². The summed E-state index contributed by atoms with van der Waals surface area (Å²) in [7, 11) is 1.25. The number of hydrogen-bond donors (Lipinski definition) is 2. The molecule has 1 atom stereocenters. The SMILES string of the molecule is COC(=O)[C@H](Cc1c[nH]c2ccccc12)NC(=O)COC(=O)c1ccccn1. The highest BCUT2D eigenvalue weighted by Crippen LogP contribution is 2.19. The lowest BCUT2D eigenvalue weighted by Gasteiger charge is -2.16. The number of rotatable bonds is 7. The maximum Gasteiger partial charge on any atom is 0.357 e. The Bertz CT molecular complexity index is 984. The molecule has 0 saturated heterocycles. The van der Waals surface area contributed by atoms with Gasteiger partial charge in [-0.1, -0.05) is 24.3 Å². The summed E-state index contributed by atoms with van der Waals surface area (Å²) >= 11 is 0. The van der Waals surface area contributed by atoms with E-state index in [0.29, 0.717) is 0 Å². The third kappa shape index (κ3) is 4.53. The van der Waals surface area contributed by atoms with Crippen molar-refractivity contribution >= 4 is 28.7 Å². The average molecular weight is 381 g/mol. The third-order valence-electron chi connectivity index (χ3n) is 4.13. The average Bonchev–Trinajstić information content (AvgIpc) is 3.14. The van der Waals surface area contributed by atoms with Gasteiger partial charge in [-0.2, -0.15) is 0 Å². The number of fused-ring (bicyclic) bond motifs is 1. The molecule has 0 fully saturated rings. The molecule has 0 aliphatic carbocycles. The van der Waals surface area contributed by atoms with Crippen LogP contribution in [0.1, 0.15) is 16.1 Å². The fourth-order valence-corrected chi connectivity index (χ4v) is 2.78. The quantitative estimate of drug-likeness (QED) is 0.602. The molecule has 8 nitrogen and oxygen atoms in total. The molecule has 3 rings (SSSR count). The molecule has 1 aromatic carbocycles. The number of carbonyl (C=O) groups excluding carboxylic acids is 3. The van der Waals surface area contributed by atoms with Gasteiger partial charge in [0.05, 0.1) is 7.11 Å². The normalized spacial score (nSPS) is 11.6. The third-order valence-corrected chi connectivity index (χ3v) is 4.13. The molecule has 8 heteroatoms. The highest BCUT2D eigenvalue weighted by Gasteiger charge is 2.24. The summed E-state index contributed by atoms with van der Waals surface area (Å²) in [5, 5.41) is 3.50. The van der Waals surface area contributed by atoms with Gasteiger partial charge in [0.2, 0.25) is 0 Å². The van der Waals surface area contributed by atoms with Gasteiger partial charge in [-0.3, -0.25) is 4.79 Å². The highest BCUT2D eigenvalue weighted by atomic mass is 16.5. The first kappa shape index (κ1) is 19.1. The fraction of sp³-hybridized carbons (Fsp3) is 0.200. The zero-order valence-corrected chi connectivity index (χ0v) is 15.2. The molecule has 0 spiro atoms. The van der Waals surface area contributed by atoms with Crippen molar-refractivity contribution < 1.29 is 23.9 Å². The van der Waals surface area contributed by atoms with Crippen molar-refractivity contribution in [1.29, 1.82) is 0 Å². The van der Waals surface area contributed by atoms with Crippen molar-refractivity contribution in [2.24, 2.45) is 0 Å². The monoisotopic (exact) mass is 381 g/mol. The van der Waals surface area contributed by atoms with Gasteiger partial charge in [0.25, 0.3) is 5.91 Å². The van der Waals surface area contributed by atoms with E-state index in [4.69, 9.17) is 9.47 Å². The van der Waals surface area contributed by atoms with Crippen LogP contribution in [-0.4, -0.2) is 47.6 Å². The minimum absolute atomic E-state index is 0.0959. The van der Waals surface area contributed by atoms with Crippen molar-refractivity contribution in [1.82, 2.24) is 15.3 Å². The Kier molecular flexibility index (Phi) is 6.01. The second-order valence-electron chi connectivity index (χ2n) is 6.00. The van der Waals surface area contributed by atoms with E-state index in [-0.39, 0.29) is 12.1 Å². The lowest BCUT2D eigenvalue weighted by Crippen LogP contribution is -2.44. The Labute approximate surface area is 160 Å². The largest absolute Gasteiger partial charge is 0.467 e. The zero-order valence-electron chi connectivity index (χ0n) is 15.2. The Morgan fingerprint density at radius 3 is 2.68 bits per heavy atom. The Morgan fingerprint density at radius 1 is 1.14 bits per heavy atom. The molecule has 2 heterocycles. The topological polar surface area (TPSA) is 110 Å². The Morgan fingerprint density at radius 2 is 1.93 bits per heavy atom. The van der Waals surface area contributed by atoms with Crippen molar-refractivity contribution in [3.05, 3.63) is 66.1 Å². The molecule has 28 heavy (non-hydrogen) atoms. The molecular formula is C20H19N3O5. The van der Waals surface area contributed by atoms with Crippen LogP contribution in [0.2, 0.25) is 0 Å². The van der Waals surface area contributed by atoms with Gasteiger partial charge in [0.15, 0.2) is 6.61 Å². The second kappa shape index (κ2) is 8.81. The Hall–Kier alpha value is -3.68. The van der Waals surface area contributed by atoms with Crippen LogP contribution in [0.3, 0.4) is 0 Å². The van der Waals surface area contributed by atoms with Crippen LogP contribution in [0.4, 0.5) is 0 Å². The number of hydrogen-bond acceptors (Lipinski definition) is 6. The van der Waals surface area contributed by atoms with E-state index >= 15 is 0 Å². The number of esters is 2. The number of carbonyl (C=O) groups is 3. The van der Waals surface area contributed by atoms with Gasteiger partial charge < -0.3 is 19.8 Å². The molecule has 0 aliphatic rings. The number of pyridine rings is 1. The molecule has 144 valence electrons. The minimum atomic E-state index is -0.912. The number of nitrogens with one attached hydrogen (secondary N) is 2. The number of methoxy groups -OCH3 is 1. The maximum atomic E-state index is 12.2. The molecule has 0 unspecified atom stereocenters. The lowest BCUT2D eigenvalue weighted by atomic mass is 10.0. The van der Waals surface area contributed by atoms with E-state index in [0.717, 1.165) is 16.5 Å². The summed E-state index contributed by atoms with van der Waals surface area (Å²) in [6.07, 6.45) is 3.47. The lowest BCUT2D eigenvalue weighted by molar-refractivity contribution is -0.145. The van der Waals surface area contributed by atoms with Crippen molar-refractivity contribution in [2.75, 3.05) is 13.7 Å². The highest BCUT2D eigenvalue weighted by molar-refractivity contribution is 5.91. The summed E-state index contributed by atoms with van der Waals surface area (Å²) in [6.45, 7) is -0.531. The molecule has 1 amide bonds. The Balaban J connectivity index is 1.63. The van der Waals surface area contributed by atoms with Crippen molar-refractivity contribution in [3.63, 3.8) is 0 Å². The first-order chi connectivity index (χ1) is 13.6. The zero-order chi connectivity index (χ0) is 19.9. The van der Waals surface area contributed by atoms with E-state index in [1.165, 1.54) is 19.4 Å². The van der Waals surface area contributed by atoms with Gasteiger partial charge in [0, 0.05) is 29.7 Å². The van der Waals surface area contributed by atoms with Crippen molar-refractivity contribution in [3.8, 4) is 0 Å². The summed E-state index contributed by atoms with van der Waals surface area (Å²) in [4.78, 5) is 43.1. The van der Waals surface area contributed by atoms with Crippen LogP contribution < -0.4 is 5.32 Å². The van der Waals surface area contributed by atoms with E-state index in [2.05, 4.69) is 15.3 Å². The van der Waals surface area contributed by atoms with E-state index in [1.54, 1.807) is 18.3 Å². The number of nitrogens with zero attached hydrogens (tertiary/aromatic N) is 1. The molecule has 0 saturated carbocycles. The van der Waals surface area contributed by atoms with Crippen LogP contribution >= 0.6 is 0 Å². The number of amides is 1. The number of benzene rings is 1. The molecule has 2 N–H and O–H groups in total. The van der Waals surface area contributed by atoms with Gasteiger partial charge in [-0.15, -0.1) is 0 Å². The number of H-pyrrole nitrogens is 1. The first-order valence-electron chi connectivity index (χ1n) is 8.59. The van der Waals surface area contributed by atoms with Crippen LogP contribution in [-0.2, 0) is 25.5 Å². The van der Waals surface area contributed by atoms with E-state index in [9.17, 15) is 14.4 Å². The van der Waals surface area contributed by atoms with Crippen LogP contribution in [0, 0.1) is 0 Å². The predicted molar refractivity (Wildman–Crippen MR) is 100 cm³/mol. The number of para-hydroxylation sites is 1. The minimum Gasteiger partial charge on any atom is -0.467 e. The molecule has 3 aromatic rings. The molecular weight excluding hydrogens is 362 g/mol. The van der Waals surface area contributed by atoms with Crippen molar-refractivity contribution in [2.45, 2.75) is 12.5 Å². The number of aromatic amines is 1. The van der Waals surface area contributed by atoms with Gasteiger partial charge in [-0.05, 0) is 23.8 Å². The predicted octanol–water partition coefficient (Wildman–Crippen LogP) is 1.62. The van der Waals surface area contributed by atoms with Crippen LogP contribution in [0.5, 0.6) is 0 Å². The van der Waals surface area contributed by atoms with E-state index in [1.807, 2.05) is 24.3 Å². The summed E-state index contributed by atoms with van der Waals surface area (Å²) in [6, 6.07) is 11.5. The fourth-order valence-electron chi connectivity index (χ4n) is 2.78. The molecule has 2 aromatic heterocycles. The van der Waals surface area contributed by atoms with Gasteiger partial charge >= 0.3 is 11.9 Å². The van der Waals surface area contributed by atoms with Crippen LogP contribution in [0.15, 0.2) is 54.9 Å². The second-order valence-corrected chi connectivity index (χ2v) is 6.00. The summed E-state index contributed by atoms with van der Waals surface area (Å²) in [5.74, 6) is -1.92. The van der Waals surface area contributed by atoms with Gasteiger partial charge in [0.1, 0.15) is 11.7 Å². The smallest absolute Gasteiger partial charge is 0.357 e. The van der Waals surface area contributed by atoms with Crippen LogP contribution in [0.25, 0.3) is 10.9 Å². The summed E-state index contributed by atoms with van der Waals surface area (Å²) < 4.78 is 9.73.